The Labute approximate surface area is 134 Å². The van der Waals surface area contributed by atoms with Gasteiger partial charge >= 0.3 is 0 Å². The molecule has 0 saturated carbocycles. The average Bonchev–Trinajstić information content (AvgIpc) is 2.53. The molecule has 1 aromatic rings. The lowest BCUT2D eigenvalue weighted by atomic mass is 10.1. The minimum atomic E-state index is 0.622. The number of rotatable bonds is 9. The molecule has 4 heteroatoms. The number of nitrogens with zero attached hydrogens (tertiary/aromatic N) is 2. The van der Waals surface area contributed by atoms with Crippen LogP contribution in [0.4, 0.5) is 0 Å². The van der Waals surface area contributed by atoms with Crippen molar-refractivity contribution in [1.82, 2.24) is 10.2 Å². The molecule has 0 heterocycles. The predicted octanol–water partition coefficient (Wildman–Crippen LogP) is 3.20. The number of guanidine groups is 1. The lowest BCUT2D eigenvalue weighted by molar-refractivity contribution is 0.184. The molecule has 0 bridgehead atoms. The Morgan fingerprint density at radius 3 is 2.73 bits per heavy atom. The van der Waals surface area contributed by atoms with Crippen molar-refractivity contribution in [3.05, 3.63) is 48.0 Å². The lowest BCUT2D eigenvalue weighted by Crippen LogP contribution is -2.39. The fraction of sp³-hybridized carbons (Fsp3) is 0.500. The number of nitrogens with one attached hydrogen (secondary N) is 1. The summed E-state index contributed by atoms with van der Waals surface area (Å²) in [6, 6.07) is 8.28. The Bertz CT molecular complexity index is 471. The predicted molar refractivity (Wildman–Crippen MR) is 94.0 cm³/mol. The molecule has 0 unspecified atom stereocenters. The van der Waals surface area contributed by atoms with Crippen molar-refractivity contribution in [2.24, 2.45) is 4.99 Å². The third-order valence-corrected chi connectivity index (χ3v) is 3.42. The fourth-order valence-electron chi connectivity index (χ4n) is 2.22. The molecular weight excluding hydrogens is 274 g/mol. The number of ether oxygens (including phenoxy) is 1. The van der Waals surface area contributed by atoms with Crippen LogP contribution in [0.1, 0.15) is 30.9 Å². The summed E-state index contributed by atoms with van der Waals surface area (Å²) in [7, 11) is 3.79. The molecule has 122 valence electrons. The molecule has 0 amide bonds. The number of benzene rings is 1. The van der Waals surface area contributed by atoms with E-state index in [1.54, 1.807) is 7.11 Å². The highest BCUT2D eigenvalue weighted by Crippen LogP contribution is 2.11. The maximum absolute atomic E-state index is 5.25. The topological polar surface area (TPSA) is 36.9 Å². The molecule has 1 rings (SSSR count). The average molecular weight is 303 g/mol. The normalized spacial score (nSPS) is 11.3. The molecule has 22 heavy (non-hydrogen) atoms. The van der Waals surface area contributed by atoms with Crippen molar-refractivity contribution in [2.45, 2.75) is 32.9 Å². The smallest absolute Gasteiger partial charge is 0.193 e. The van der Waals surface area contributed by atoms with E-state index in [1.807, 2.05) is 18.2 Å². The zero-order valence-electron chi connectivity index (χ0n) is 14.1. The van der Waals surface area contributed by atoms with Crippen LogP contribution in [0.2, 0.25) is 0 Å². The van der Waals surface area contributed by atoms with Crippen LogP contribution in [0.3, 0.4) is 0 Å². The molecule has 1 aromatic carbocycles. The monoisotopic (exact) mass is 303 g/mol. The van der Waals surface area contributed by atoms with Crippen LogP contribution in [0.25, 0.3) is 0 Å². The Hall–Kier alpha value is -1.81. The van der Waals surface area contributed by atoms with Gasteiger partial charge in [0.25, 0.3) is 0 Å². The molecule has 0 aromatic heterocycles. The van der Waals surface area contributed by atoms with Crippen LogP contribution in [0.15, 0.2) is 41.9 Å². The number of allylic oxidation sites excluding steroid dienone is 1. The second kappa shape index (κ2) is 10.9. The molecular formula is C18H29N3O. The summed E-state index contributed by atoms with van der Waals surface area (Å²) in [5.41, 5.74) is 2.40. The summed E-state index contributed by atoms with van der Waals surface area (Å²) >= 11 is 0. The second-order valence-corrected chi connectivity index (χ2v) is 5.22. The minimum absolute atomic E-state index is 0.622. The number of aliphatic imine (C=N–C) groups is 1. The highest BCUT2D eigenvalue weighted by Gasteiger charge is 2.06. The van der Waals surface area contributed by atoms with Gasteiger partial charge in [-0.15, -0.1) is 6.58 Å². The summed E-state index contributed by atoms with van der Waals surface area (Å²) in [5, 5.41) is 3.35. The van der Waals surface area contributed by atoms with E-state index in [2.05, 4.69) is 42.9 Å². The Balaban J connectivity index is 2.74. The summed E-state index contributed by atoms with van der Waals surface area (Å²) < 4.78 is 5.25. The Morgan fingerprint density at radius 2 is 2.09 bits per heavy atom. The quantitative estimate of drug-likeness (QED) is 0.329. The molecule has 0 saturated heterocycles. The van der Waals surface area contributed by atoms with Crippen molar-refractivity contribution >= 4 is 5.96 Å². The molecule has 0 aliphatic heterocycles. The van der Waals surface area contributed by atoms with Gasteiger partial charge in [0.1, 0.15) is 0 Å². The van der Waals surface area contributed by atoms with Crippen LogP contribution in [0.5, 0.6) is 0 Å². The van der Waals surface area contributed by atoms with Crippen molar-refractivity contribution < 1.29 is 4.74 Å². The highest BCUT2D eigenvalue weighted by molar-refractivity contribution is 5.79. The summed E-state index contributed by atoms with van der Waals surface area (Å²) in [6.45, 7) is 8.97. The van der Waals surface area contributed by atoms with Gasteiger partial charge in [-0.2, -0.15) is 0 Å². The zero-order chi connectivity index (χ0) is 16.2. The van der Waals surface area contributed by atoms with E-state index in [0.717, 1.165) is 31.9 Å². The van der Waals surface area contributed by atoms with Crippen LogP contribution in [-0.2, 0) is 17.9 Å². The Kier molecular flexibility index (Phi) is 9.00. The van der Waals surface area contributed by atoms with Gasteiger partial charge in [-0.25, -0.2) is 4.99 Å². The van der Waals surface area contributed by atoms with Crippen LogP contribution < -0.4 is 5.32 Å². The molecule has 0 radical (unpaired) electrons. The summed E-state index contributed by atoms with van der Waals surface area (Å²) in [4.78, 5) is 6.93. The molecule has 0 atom stereocenters. The van der Waals surface area contributed by atoms with E-state index in [0.29, 0.717) is 13.2 Å². The number of methoxy groups -OCH3 is 1. The highest BCUT2D eigenvalue weighted by atomic mass is 16.5. The molecule has 4 nitrogen and oxygen atoms in total. The van der Waals surface area contributed by atoms with E-state index in [4.69, 9.17) is 9.73 Å². The van der Waals surface area contributed by atoms with E-state index in [-0.39, 0.29) is 0 Å². The van der Waals surface area contributed by atoms with Gasteiger partial charge in [-0.05, 0) is 30.9 Å². The van der Waals surface area contributed by atoms with Gasteiger partial charge in [0.05, 0.1) is 13.2 Å². The molecule has 0 spiro atoms. The first-order chi connectivity index (χ1) is 10.7. The molecule has 1 N–H and O–H groups in total. The number of hydrogen-bond acceptors (Lipinski definition) is 2. The number of unbranched alkanes of at least 4 members (excludes halogenated alkanes) is 1. The first kappa shape index (κ1) is 18.2. The zero-order valence-corrected chi connectivity index (χ0v) is 14.1. The van der Waals surface area contributed by atoms with Gasteiger partial charge in [-0.1, -0.05) is 30.3 Å². The van der Waals surface area contributed by atoms with Gasteiger partial charge in [-0.3, -0.25) is 0 Å². The van der Waals surface area contributed by atoms with E-state index in [9.17, 15) is 0 Å². The fourth-order valence-corrected chi connectivity index (χ4v) is 2.22. The minimum Gasteiger partial charge on any atom is -0.380 e. The van der Waals surface area contributed by atoms with Gasteiger partial charge in [0.2, 0.25) is 0 Å². The largest absolute Gasteiger partial charge is 0.380 e. The maximum atomic E-state index is 5.25. The summed E-state index contributed by atoms with van der Waals surface area (Å²) in [6.07, 6.45) is 4.07. The first-order valence-corrected chi connectivity index (χ1v) is 7.89. The third-order valence-electron chi connectivity index (χ3n) is 3.42. The second-order valence-electron chi connectivity index (χ2n) is 5.22. The summed E-state index contributed by atoms with van der Waals surface area (Å²) in [5.74, 6) is 0.943. The van der Waals surface area contributed by atoms with Crippen molar-refractivity contribution in [3.8, 4) is 0 Å². The van der Waals surface area contributed by atoms with Gasteiger partial charge in [0, 0.05) is 27.2 Å². The maximum Gasteiger partial charge on any atom is 0.193 e. The van der Waals surface area contributed by atoms with Crippen LogP contribution >= 0.6 is 0 Å². The van der Waals surface area contributed by atoms with Gasteiger partial charge < -0.3 is 15.0 Å². The van der Waals surface area contributed by atoms with Crippen molar-refractivity contribution in [1.29, 1.82) is 0 Å². The van der Waals surface area contributed by atoms with Crippen molar-refractivity contribution in [3.63, 3.8) is 0 Å². The third kappa shape index (κ3) is 6.31. The standard InChI is InChI=1S/C18H29N3O/c1-5-7-10-13-21(3)18(19-6-2)20-14-16-11-8-9-12-17(16)15-22-4/h5,8-9,11-12H,1,6-7,10,13-15H2,2-4H3,(H,19,20). The lowest BCUT2D eigenvalue weighted by Gasteiger charge is -2.22. The van der Waals surface area contributed by atoms with Gasteiger partial charge in [0.15, 0.2) is 5.96 Å². The van der Waals surface area contributed by atoms with E-state index in [1.165, 1.54) is 11.1 Å². The van der Waals surface area contributed by atoms with Crippen molar-refractivity contribution in [2.75, 3.05) is 27.2 Å². The SMILES string of the molecule is C=CCCCN(C)C(=NCc1ccccc1COC)NCC. The first-order valence-electron chi connectivity index (χ1n) is 7.89. The van der Waals surface area contributed by atoms with Crippen LogP contribution in [0, 0.1) is 0 Å². The molecule has 0 aliphatic rings. The van der Waals surface area contributed by atoms with E-state index >= 15 is 0 Å². The molecule has 0 aliphatic carbocycles. The molecule has 0 fully saturated rings. The van der Waals surface area contributed by atoms with Crippen LogP contribution in [-0.4, -0.2) is 38.1 Å². The number of hydrogen-bond donors (Lipinski definition) is 1. The van der Waals surface area contributed by atoms with E-state index < -0.39 is 0 Å². The Morgan fingerprint density at radius 1 is 1.36 bits per heavy atom.